The molecule has 0 aliphatic carbocycles. The summed E-state index contributed by atoms with van der Waals surface area (Å²) in [6, 6.07) is 6.13. The molecule has 0 radical (unpaired) electrons. The number of halogens is 3. The largest absolute Gasteiger partial charge is 0.418 e. The van der Waals surface area contributed by atoms with Crippen molar-refractivity contribution in [3.63, 3.8) is 0 Å². The van der Waals surface area contributed by atoms with E-state index in [1.54, 1.807) is 7.11 Å². The maximum atomic E-state index is 13.0. The van der Waals surface area contributed by atoms with Crippen molar-refractivity contribution >= 4 is 17.4 Å². The van der Waals surface area contributed by atoms with Crippen molar-refractivity contribution < 1.29 is 22.7 Å². The number of nitrogens with one attached hydrogen (secondary N) is 2. The minimum absolute atomic E-state index is 0.0405. The Morgan fingerprint density at radius 3 is 2.72 bits per heavy atom. The number of aromatic nitrogens is 2. The second kappa shape index (κ2) is 8.43. The van der Waals surface area contributed by atoms with Gasteiger partial charge in [-0.05, 0) is 18.6 Å². The third-order valence-electron chi connectivity index (χ3n) is 3.21. The molecule has 0 atom stereocenters. The molecule has 134 valence electrons. The summed E-state index contributed by atoms with van der Waals surface area (Å²) in [5, 5.41) is 5.22. The first-order valence-electron chi connectivity index (χ1n) is 7.44. The van der Waals surface area contributed by atoms with E-state index in [4.69, 9.17) is 4.74 Å². The van der Waals surface area contributed by atoms with Gasteiger partial charge in [-0.15, -0.1) is 0 Å². The lowest BCUT2D eigenvalue weighted by Gasteiger charge is -2.13. The number of hydrogen-bond acceptors (Lipinski definition) is 5. The van der Waals surface area contributed by atoms with E-state index in [0.29, 0.717) is 19.0 Å². The Morgan fingerprint density at radius 1 is 1.24 bits per heavy atom. The Bertz CT molecular complexity index is 723. The third-order valence-corrected chi connectivity index (χ3v) is 3.21. The Hall–Kier alpha value is -2.68. The molecule has 0 saturated carbocycles. The maximum Gasteiger partial charge on any atom is 0.418 e. The molecule has 2 rings (SSSR count). The van der Waals surface area contributed by atoms with Crippen molar-refractivity contribution in [1.82, 2.24) is 9.97 Å². The predicted octanol–water partition coefficient (Wildman–Crippen LogP) is 3.20. The van der Waals surface area contributed by atoms with E-state index in [1.807, 2.05) is 0 Å². The molecule has 6 nitrogen and oxygen atoms in total. The number of alkyl halides is 3. The molecular weight excluding hydrogens is 337 g/mol. The van der Waals surface area contributed by atoms with Gasteiger partial charge in [0.2, 0.25) is 0 Å². The predicted molar refractivity (Wildman–Crippen MR) is 86.4 cm³/mol. The number of benzene rings is 1. The molecule has 2 aromatic rings. The van der Waals surface area contributed by atoms with Gasteiger partial charge in [0.05, 0.1) is 11.3 Å². The van der Waals surface area contributed by atoms with E-state index < -0.39 is 17.6 Å². The van der Waals surface area contributed by atoms with Crippen LogP contribution in [0, 0.1) is 0 Å². The van der Waals surface area contributed by atoms with Crippen LogP contribution in [-0.2, 0) is 10.9 Å². The zero-order chi connectivity index (χ0) is 18.3. The van der Waals surface area contributed by atoms with Gasteiger partial charge >= 0.3 is 6.18 Å². The van der Waals surface area contributed by atoms with Crippen molar-refractivity contribution in [1.29, 1.82) is 0 Å². The summed E-state index contributed by atoms with van der Waals surface area (Å²) in [6.07, 6.45) is -2.66. The first kappa shape index (κ1) is 18.7. The molecule has 0 unspecified atom stereocenters. The summed E-state index contributed by atoms with van der Waals surface area (Å²) in [7, 11) is 1.59. The molecular formula is C16H17F3N4O2. The maximum absolute atomic E-state index is 13.0. The minimum atomic E-state index is -4.57. The number of amides is 1. The van der Waals surface area contributed by atoms with Gasteiger partial charge in [-0.2, -0.15) is 13.2 Å². The molecule has 0 aliphatic heterocycles. The summed E-state index contributed by atoms with van der Waals surface area (Å²) in [4.78, 5) is 20.0. The van der Waals surface area contributed by atoms with Crippen LogP contribution >= 0.6 is 0 Å². The SMILES string of the molecule is COCCCNc1cc(C(=O)Nc2ccccc2C(F)(F)F)ncn1. The molecule has 0 aliphatic rings. The number of para-hydroxylation sites is 1. The number of carbonyl (C=O) groups excluding carboxylic acids is 1. The van der Waals surface area contributed by atoms with E-state index in [2.05, 4.69) is 20.6 Å². The molecule has 1 aromatic heterocycles. The van der Waals surface area contributed by atoms with Gasteiger partial charge in [-0.1, -0.05) is 12.1 Å². The van der Waals surface area contributed by atoms with Crippen molar-refractivity contribution in [2.75, 3.05) is 30.9 Å². The highest BCUT2D eigenvalue weighted by molar-refractivity contribution is 6.03. The van der Waals surface area contributed by atoms with E-state index in [1.165, 1.54) is 30.6 Å². The summed E-state index contributed by atoms with van der Waals surface area (Å²) in [6.45, 7) is 1.14. The highest BCUT2D eigenvalue weighted by Crippen LogP contribution is 2.34. The number of nitrogens with zero attached hydrogens (tertiary/aromatic N) is 2. The fourth-order valence-electron chi connectivity index (χ4n) is 2.04. The number of hydrogen-bond donors (Lipinski definition) is 2. The molecule has 1 heterocycles. The van der Waals surface area contributed by atoms with Crippen LogP contribution in [0.2, 0.25) is 0 Å². The second-order valence-corrected chi connectivity index (χ2v) is 5.06. The van der Waals surface area contributed by atoms with Gasteiger partial charge in [0, 0.05) is 26.3 Å². The lowest BCUT2D eigenvalue weighted by molar-refractivity contribution is -0.136. The van der Waals surface area contributed by atoms with Gasteiger partial charge in [0.25, 0.3) is 5.91 Å². The van der Waals surface area contributed by atoms with Crippen molar-refractivity contribution in [2.45, 2.75) is 12.6 Å². The number of anilines is 2. The lowest BCUT2D eigenvalue weighted by Crippen LogP contribution is -2.18. The minimum Gasteiger partial charge on any atom is -0.385 e. The molecule has 0 fully saturated rings. The Morgan fingerprint density at radius 2 is 2.00 bits per heavy atom. The van der Waals surface area contributed by atoms with Crippen molar-refractivity contribution in [3.05, 3.63) is 47.9 Å². The van der Waals surface area contributed by atoms with Gasteiger partial charge < -0.3 is 15.4 Å². The molecule has 0 spiro atoms. The summed E-state index contributed by atoms with van der Waals surface area (Å²) < 4.78 is 43.8. The fraction of sp³-hybridized carbons (Fsp3) is 0.312. The molecule has 9 heteroatoms. The topological polar surface area (TPSA) is 76.1 Å². The van der Waals surface area contributed by atoms with Crippen LogP contribution in [0.1, 0.15) is 22.5 Å². The first-order valence-corrected chi connectivity index (χ1v) is 7.44. The van der Waals surface area contributed by atoms with E-state index in [0.717, 1.165) is 12.5 Å². The first-order chi connectivity index (χ1) is 11.9. The van der Waals surface area contributed by atoms with Crippen molar-refractivity contribution in [2.24, 2.45) is 0 Å². The van der Waals surface area contributed by atoms with Gasteiger partial charge in [0.1, 0.15) is 17.8 Å². The quantitative estimate of drug-likeness (QED) is 0.747. The highest BCUT2D eigenvalue weighted by atomic mass is 19.4. The average Bonchev–Trinajstić information content (AvgIpc) is 2.58. The number of carbonyl (C=O) groups is 1. The van der Waals surface area contributed by atoms with E-state index in [9.17, 15) is 18.0 Å². The number of ether oxygens (including phenoxy) is 1. The number of rotatable bonds is 7. The molecule has 1 aromatic carbocycles. The highest BCUT2D eigenvalue weighted by Gasteiger charge is 2.33. The Balaban J connectivity index is 2.09. The second-order valence-electron chi connectivity index (χ2n) is 5.06. The molecule has 2 N–H and O–H groups in total. The van der Waals surface area contributed by atoms with E-state index in [-0.39, 0.29) is 11.4 Å². The number of methoxy groups -OCH3 is 1. The van der Waals surface area contributed by atoms with Crippen LogP contribution in [0.25, 0.3) is 0 Å². The zero-order valence-electron chi connectivity index (χ0n) is 13.4. The third kappa shape index (κ3) is 5.42. The summed E-state index contributed by atoms with van der Waals surface area (Å²) in [5.41, 5.74) is -1.29. The molecule has 1 amide bonds. The van der Waals surface area contributed by atoms with Crippen LogP contribution in [0.3, 0.4) is 0 Å². The van der Waals surface area contributed by atoms with Crippen LogP contribution in [0.5, 0.6) is 0 Å². The van der Waals surface area contributed by atoms with Crippen LogP contribution < -0.4 is 10.6 Å². The van der Waals surface area contributed by atoms with Crippen LogP contribution in [0.15, 0.2) is 36.7 Å². The Kier molecular flexibility index (Phi) is 6.29. The molecule has 25 heavy (non-hydrogen) atoms. The van der Waals surface area contributed by atoms with Gasteiger partial charge in [-0.3, -0.25) is 4.79 Å². The van der Waals surface area contributed by atoms with Crippen LogP contribution in [0.4, 0.5) is 24.7 Å². The lowest BCUT2D eigenvalue weighted by atomic mass is 10.1. The van der Waals surface area contributed by atoms with E-state index >= 15 is 0 Å². The van der Waals surface area contributed by atoms with Crippen LogP contribution in [-0.4, -0.2) is 36.1 Å². The smallest absolute Gasteiger partial charge is 0.385 e. The fourth-order valence-corrected chi connectivity index (χ4v) is 2.04. The standard InChI is InChI=1S/C16H17F3N4O2/c1-25-8-4-7-20-14-9-13(21-10-22-14)15(24)23-12-6-3-2-5-11(12)16(17,18)19/h2-3,5-6,9-10H,4,7-8H2,1H3,(H,23,24)(H,20,21,22). The zero-order valence-corrected chi connectivity index (χ0v) is 13.4. The normalized spacial score (nSPS) is 11.2. The van der Waals surface area contributed by atoms with Gasteiger partial charge in [0.15, 0.2) is 0 Å². The van der Waals surface area contributed by atoms with Gasteiger partial charge in [-0.25, -0.2) is 9.97 Å². The monoisotopic (exact) mass is 354 g/mol. The molecule has 0 bridgehead atoms. The molecule has 0 saturated heterocycles. The Labute approximate surface area is 142 Å². The van der Waals surface area contributed by atoms with Crippen molar-refractivity contribution in [3.8, 4) is 0 Å². The summed E-state index contributed by atoms with van der Waals surface area (Å²) in [5.74, 6) is -0.348. The average molecular weight is 354 g/mol. The summed E-state index contributed by atoms with van der Waals surface area (Å²) >= 11 is 0.